The van der Waals surface area contributed by atoms with Gasteiger partial charge in [-0.25, -0.2) is 0 Å². The van der Waals surface area contributed by atoms with Crippen LogP contribution in [0.25, 0.3) is 0 Å². The maximum atomic E-state index is 6.23. The van der Waals surface area contributed by atoms with Crippen molar-refractivity contribution in [2.24, 2.45) is 0 Å². The van der Waals surface area contributed by atoms with E-state index in [9.17, 15) is 0 Å². The van der Waals surface area contributed by atoms with Crippen LogP contribution in [0.1, 0.15) is 35.6 Å². The Balaban J connectivity index is 1.77. The van der Waals surface area contributed by atoms with Crippen LogP contribution in [0.15, 0.2) is 42.5 Å². The lowest BCUT2D eigenvalue weighted by Gasteiger charge is -2.27. The Hall–Kier alpha value is -1.51. The van der Waals surface area contributed by atoms with Crippen molar-refractivity contribution in [3.05, 3.63) is 64.2 Å². The number of fused-ring (bicyclic) bond motifs is 1. The fraction of sp³-hybridized carbons (Fsp3) is 0.333. The molecule has 21 heavy (non-hydrogen) atoms. The van der Waals surface area contributed by atoms with E-state index in [0.29, 0.717) is 6.04 Å². The largest absolute Gasteiger partial charge is 0.497 e. The first kappa shape index (κ1) is 14.4. The number of halogens is 1. The highest BCUT2D eigenvalue weighted by molar-refractivity contribution is 6.31. The van der Waals surface area contributed by atoms with Gasteiger partial charge in [-0.3, -0.25) is 0 Å². The lowest BCUT2D eigenvalue weighted by molar-refractivity contribution is 0.408. The number of methoxy groups -OCH3 is 1. The van der Waals surface area contributed by atoms with Crippen LogP contribution in [0, 0.1) is 0 Å². The normalized spacial score (nSPS) is 17.3. The molecular weight excluding hydrogens is 282 g/mol. The number of benzene rings is 2. The van der Waals surface area contributed by atoms with E-state index in [1.165, 1.54) is 17.5 Å². The molecule has 2 nitrogen and oxygen atoms in total. The lowest BCUT2D eigenvalue weighted by atomic mass is 9.87. The van der Waals surface area contributed by atoms with Crippen molar-refractivity contribution in [3.63, 3.8) is 0 Å². The van der Waals surface area contributed by atoms with E-state index in [0.717, 1.165) is 35.7 Å². The Morgan fingerprint density at radius 3 is 2.90 bits per heavy atom. The Morgan fingerprint density at radius 1 is 1.24 bits per heavy atom. The molecule has 3 heteroatoms. The van der Waals surface area contributed by atoms with Crippen molar-refractivity contribution in [2.45, 2.75) is 31.8 Å². The minimum atomic E-state index is 0.375. The lowest BCUT2D eigenvalue weighted by Crippen LogP contribution is -2.25. The van der Waals surface area contributed by atoms with Gasteiger partial charge in [0, 0.05) is 17.6 Å². The van der Waals surface area contributed by atoms with E-state index in [1.54, 1.807) is 7.11 Å². The van der Waals surface area contributed by atoms with Crippen LogP contribution >= 0.6 is 11.6 Å². The van der Waals surface area contributed by atoms with Gasteiger partial charge in [-0.2, -0.15) is 0 Å². The van der Waals surface area contributed by atoms with Gasteiger partial charge in [0.25, 0.3) is 0 Å². The number of rotatable bonds is 4. The smallest absolute Gasteiger partial charge is 0.119 e. The van der Waals surface area contributed by atoms with Crippen molar-refractivity contribution in [1.82, 2.24) is 5.32 Å². The maximum Gasteiger partial charge on any atom is 0.119 e. The molecule has 0 saturated heterocycles. The highest BCUT2D eigenvalue weighted by atomic mass is 35.5. The Kier molecular flexibility index (Phi) is 4.47. The number of hydrogen-bond donors (Lipinski definition) is 1. The fourth-order valence-electron chi connectivity index (χ4n) is 2.99. The van der Waals surface area contributed by atoms with E-state index in [-0.39, 0.29) is 0 Å². The van der Waals surface area contributed by atoms with Crippen molar-refractivity contribution in [2.75, 3.05) is 7.11 Å². The SMILES string of the molecule is COc1ccc2c(c1)C(NCc1ccccc1Cl)CCC2. The Morgan fingerprint density at radius 2 is 2.10 bits per heavy atom. The average molecular weight is 302 g/mol. The zero-order valence-electron chi connectivity index (χ0n) is 12.2. The summed E-state index contributed by atoms with van der Waals surface area (Å²) >= 11 is 6.23. The molecule has 3 rings (SSSR count). The summed E-state index contributed by atoms with van der Waals surface area (Å²) in [5.41, 5.74) is 3.94. The number of ether oxygens (including phenoxy) is 1. The first-order valence-electron chi connectivity index (χ1n) is 7.41. The molecule has 1 atom stereocenters. The molecule has 0 aromatic heterocycles. The summed E-state index contributed by atoms with van der Waals surface area (Å²) in [7, 11) is 1.72. The minimum absolute atomic E-state index is 0.375. The van der Waals surface area contributed by atoms with Crippen molar-refractivity contribution in [1.29, 1.82) is 0 Å². The second-order valence-electron chi connectivity index (χ2n) is 5.48. The number of aryl methyl sites for hydroxylation is 1. The summed E-state index contributed by atoms with van der Waals surface area (Å²) in [6.07, 6.45) is 3.54. The first-order chi connectivity index (χ1) is 10.3. The van der Waals surface area contributed by atoms with Crippen LogP contribution in [0.3, 0.4) is 0 Å². The van der Waals surface area contributed by atoms with Crippen molar-refractivity contribution >= 4 is 11.6 Å². The van der Waals surface area contributed by atoms with Gasteiger partial charge in [0.2, 0.25) is 0 Å². The molecule has 0 fully saturated rings. The third kappa shape index (κ3) is 3.22. The van der Waals surface area contributed by atoms with Crippen LogP contribution in [0.5, 0.6) is 5.75 Å². The molecule has 0 saturated carbocycles. The minimum Gasteiger partial charge on any atom is -0.497 e. The monoisotopic (exact) mass is 301 g/mol. The summed E-state index contributed by atoms with van der Waals surface area (Å²) in [6, 6.07) is 14.8. The quantitative estimate of drug-likeness (QED) is 0.897. The van der Waals surface area contributed by atoms with Gasteiger partial charge < -0.3 is 10.1 Å². The molecule has 110 valence electrons. The third-order valence-corrected chi connectivity index (χ3v) is 4.53. The summed E-state index contributed by atoms with van der Waals surface area (Å²) < 4.78 is 5.36. The molecule has 1 N–H and O–H groups in total. The predicted molar refractivity (Wildman–Crippen MR) is 87.0 cm³/mol. The molecule has 0 bridgehead atoms. The van der Waals surface area contributed by atoms with E-state index in [4.69, 9.17) is 16.3 Å². The summed E-state index contributed by atoms with van der Waals surface area (Å²) in [4.78, 5) is 0. The van der Waals surface area contributed by atoms with Gasteiger partial charge in [-0.05, 0) is 54.2 Å². The van der Waals surface area contributed by atoms with E-state index in [1.807, 2.05) is 18.2 Å². The van der Waals surface area contributed by atoms with Gasteiger partial charge in [0.1, 0.15) is 5.75 Å². The fourth-order valence-corrected chi connectivity index (χ4v) is 3.19. The van der Waals surface area contributed by atoms with E-state index in [2.05, 4.69) is 29.6 Å². The topological polar surface area (TPSA) is 21.3 Å². The van der Waals surface area contributed by atoms with Gasteiger partial charge in [0.05, 0.1) is 7.11 Å². The number of nitrogens with one attached hydrogen (secondary N) is 1. The van der Waals surface area contributed by atoms with Crippen molar-refractivity contribution < 1.29 is 4.74 Å². The summed E-state index contributed by atoms with van der Waals surface area (Å²) in [5, 5.41) is 4.47. The van der Waals surface area contributed by atoms with E-state index >= 15 is 0 Å². The third-order valence-electron chi connectivity index (χ3n) is 4.16. The van der Waals surface area contributed by atoms with Gasteiger partial charge in [0.15, 0.2) is 0 Å². The predicted octanol–water partition coefficient (Wildman–Crippen LogP) is 4.52. The standard InChI is InChI=1S/C18H20ClNO/c1-21-15-10-9-13-6-4-8-18(16(13)11-15)20-12-14-5-2-3-7-17(14)19/h2-3,5,7,9-11,18,20H,4,6,8,12H2,1H3. The first-order valence-corrected chi connectivity index (χ1v) is 7.79. The van der Waals surface area contributed by atoms with E-state index < -0.39 is 0 Å². The molecule has 2 aromatic carbocycles. The van der Waals surface area contributed by atoms with Gasteiger partial charge >= 0.3 is 0 Å². The van der Waals surface area contributed by atoms with Gasteiger partial charge in [-0.15, -0.1) is 0 Å². The van der Waals surface area contributed by atoms with Crippen LogP contribution in [-0.2, 0) is 13.0 Å². The van der Waals surface area contributed by atoms with Crippen LogP contribution in [0.2, 0.25) is 5.02 Å². The van der Waals surface area contributed by atoms with Crippen LogP contribution in [-0.4, -0.2) is 7.11 Å². The molecule has 1 aliphatic carbocycles. The highest BCUT2D eigenvalue weighted by Gasteiger charge is 2.20. The van der Waals surface area contributed by atoms with Gasteiger partial charge in [-0.1, -0.05) is 35.9 Å². The molecule has 0 amide bonds. The second-order valence-corrected chi connectivity index (χ2v) is 5.89. The molecule has 1 aliphatic rings. The zero-order chi connectivity index (χ0) is 14.7. The molecular formula is C18H20ClNO. The molecule has 0 spiro atoms. The van der Waals surface area contributed by atoms with Crippen molar-refractivity contribution in [3.8, 4) is 5.75 Å². The second kappa shape index (κ2) is 6.50. The Bertz CT molecular complexity index is 626. The number of hydrogen-bond acceptors (Lipinski definition) is 2. The summed E-state index contributed by atoms with van der Waals surface area (Å²) in [6.45, 7) is 0.793. The summed E-state index contributed by atoms with van der Waals surface area (Å²) in [5.74, 6) is 0.931. The van der Waals surface area contributed by atoms with Crippen LogP contribution < -0.4 is 10.1 Å². The zero-order valence-corrected chi connectivity index (χ0v) is 13.0. The molecule has 2 aromatic rings. The highest BCUT2D eigenvalue weighted by Crippen LogP contribution is 2.32. The molecule has 0 aliphatic heterocycles. The van der Waals surface area contributed by atoms with Crippen LogP contribution in [0.4, 0.5) is 0 Å². The Labute approximate surface area is 131 Å². The molecule has 0 radical (unpaired) electrons. The molecule has 0 heterocycles. The maximum absolute atomic E-state index is 6.23. The molecule has 1 unspecified atom stereocenters. The average Bonchev–Trinajstić information content (AvgIpc) is 2.53.